The lowest BCUT2D eigenvalue weighted by Gasteiger charge is -2.34. The van der Waals surface area contributed by atoms with Gasteiger partial charge in [-0.3, -0.25) is 4.79 Å². The molecule has 1 aliphatic rings. The average Bonchev–Trinajstić information content (AvgIpc) is 2.87. The number of nitrogens with zero attached hydrogens (tertiary/aromatic N) is 5. The van der Waals surface area contributed by atoms with Crippen molar-refractivity contribution >= 4 is 18.1 Å². The molecule has 2 heterocycles. The number of benzene rings is 1. The van der Waals surface area contributed by atoms with Crippen molar-refractivity contribution in [1.82, 2.24) is 25.2 Å². The fourth-order valence-electron chi connectivity index (χ4n) is 3.26. The van der Waals surface area contributed by atoms with Crippen LogP contribution in [0.15, 0.2) is 36.4 Å². The van der Waals surface area contributed by atoms with Gasteiger partial charge in [-0.15, -0.1) is 0 Å². The molecule has 1 aliphatic heterocycles. The quantitative estimate of drug-likeness (QED) is 0.301. The number of nitrogens with one attached hydrogen (secondary N) is 3. The van der Waals surface area contributed by atoms with Crippen LogP contribution >= 0.6 is 0 Å². The molecule has 2 aromatic rings. The smallest absolute Gasteiger partial charge is 0.312 e. The van der Waals surface area contributed by atoms with Gasteiger partial charge in [0.1, 0.15) is 30.9 Å². The van der Waals surface area contributed by atoms with Crippen molar-refractivity contribution in [2.75, 3.05) is 25.0 Å². The molecule has 2 atom stereocenters. The molecular formula is C21H21F3N8O3. The van der Waals surface area contributed by atoms with Crippen LogP contribution in [0.25, 0.3) is 11.4 Å². The molecule has 4 N–H and O–H groups in total. The van der Waals surface area contributed by atoms with Crippen LogP contribution in [0.2, 0.25) is 0 Å². The Morgan fingerprint density at radius 1 is 1.43 bits per heavy atom. The number of nitriles is 1. The number of alkyl halides is 3. The molecule has 3 rings (SSSR count). The first-order valence-corrected chi connectivity index (χ1v) is 10.3. The summed E-state index contributed by atoms with van der Waals surface area (Å²) in [6.45, 7) is -3.51. The van der Waals surface area contributed by atoms with E-state index in [2.05, 4.69) is 20.3 Å². The van der Waals surface area contributed by atoms with Crippen LogP contribution < -0.4 is 15.4 Å². The molecule has 184 valence electrons. The Morgan fingerprint density at radius 2 is 2.23 bits per heavy atom. The molecule has 11 nitrogen and oxygen atoms in total. The number of allylic oxidation sites excluding steroid dienone is 1. The van der Waals surface area contributed by atoms with Crippen LogP contribution in [0.1, 0.15) is 12.0 Å². The van der Waals surface area contributed by atoms with Gasteiger partial charge in [-0.25, -0.2) is 14.4 Å². The molecule has 1 saturated heterocycles. The normalized spacial score (nSPS) is 18.1. The first kappa shape index (κ1) is 25.4. The number of carbonyl (C=O) groups is 1. The summed E-state index contributed by atoms with van der Waals surface area (Å²) in [6.07, 6.45) is 0.656. The molecule has 0 radical (unpaired) electrons. The largest absolute Gasteiger partial charge is 0.486 e. The van der Waals surface area contributed by atoms with Crippen molar-refractivity contribution in [2.45, 2.75) is 25.2 Å². The number of hydrogen-bond acceptors (Lipinski definition) is 10. The Kier molecular flexibility index (Phi) is 8.52. The zero-order chi connectivity index (χ0) is 25.4. The first-order valence-electron chi connectivity index (χ1n) is 10.3. The van der Waals surface area contributed by atoms with Crippen LogP contribution in [-0.2, 0) is 4.79 Å². The monoisotopic (exact) mass is 490 g/mol. The SMILES string of the molecule is N#Cc1cc(-c2ncnc(N/C(C=N)=C/NC(F)F)n2)ccc1O[C@H]1CCN(C(=O)CO)C[C@H]1F. The van der Waals surface area contributed by atoms with Crippen molar-refractivity contribution in [3.05, 3.63) is 42.0 Å². The van der Waals surface area contributed by atoms with Gasteiger partial charge in [0, 0.05) is 30.9 Å². The maximum Gasteiger partial charge on any atom is 0.312 e. The highest BCUT2D eigenvalue weighted by Crippen LogP contribution is 2.28. The van der Waals surface area contributed by atoms with Crippen molar-refractivity contribution in [2.24, 2.45) is 0 Å². The minimum atomic E-state index is -2.81. The molecule has 0 saturated carbocycles. The van der Waals surface area contributed by atoms with Gasteiger partial charge >= 0.3 is 6.55 Å². The van der Waals surface area contributed by atoms with E-state index in [0.717, 1.165) is 12.4 Å². The van der Waals surface area contributed by atoms with Gasteiger partial charge in [0.2, 0.25) is 11.9 Å². The molecule has 1 amide bonds. The summed E-state index contributed by atoms with van der Waals surface area (Å²) >= 11 is 0. The van der Waals surface area contributed by atoms with Gasteiger partial charge in [0.05, 0.1) is 17.8 Å². The minimum absolute atomic E-state index is 0.0240. The van der Waals surface area contributed by atoms with Gasteiger partial charge in [0.25, 0.3) is 0 Å². The highest BCUT2D eigenvalue weighted by molar-refractivity contribution is 5.79. The Morgan fingerprint density at radius 3 is 2.89 bits per heavy atom. The van der Waals surface area contributed by atoms with Crippen LogP contribution in [0.3, 0.4) is 0 Å². The average molecular weight is 490 g/mol. The Hall–Kier alpha value is -4.25. The highest BCUT2D eigenvalue weighted by Gasteiger charge is 2.33. The number of aliphatic hydroxyl groups is 1. The van der Waals surface area contributed by atoms with Crippen LogP contribution in [0.5, 0.6) is 5.75 Å². The third-order valence-corrected chi connectivity index (χ3v) is 4.95. The zero-order valence-electron chi connectivity index (χ0n) is 18.2. The molecule has 1 fully saturated rings. The number of carbonyl (C=O) groups excluding carboxylic acids is 1. The third kappa shape index (κ3) is 6.64. The van der Waals surface area contributed by atoms with Gasteiger partial charge in [-0.2, -0.15) is 19.0 Å². The van der Waals surface area contributed by atoms with Gasteiger partial charge in [-0.1, -0.05) is 0 Å². The van der Waals surface area contributed by atoms with Crippen molar-refractivity contribution in [3.8, 4) is 23.2 Å². The standard InChI is InChI=1S/C21H21F3N8O3/c22-15-9-32(18(34)10-33)4-3-17(15)35-16-2-1-12(5-13(16)6-25)19-28-11-29-21(31-19)30-14(7-26)8-27-20(23)24/h1-2,5,7-8,11,15,17,20,26-27,33H,3-4,9-10H2,(H,28,29,30,31)/b14-8+,26-7?/t15-,17+/m1/s1. The lowest BCUT2D eigenvalue weighted by atomic mass is 10.0. The fraction of sp³-hybridized carbons (Fsp3) is 0.333. The number of rotatable bonds is 9. The Labute approximate surface area is 197 Å². The summed E-state index contributed by atoms with van der Waals surface area (Å²) in [5.74, 6) is -0.293. The number of piperidine rings is 1. The maximum absolute atomic E-state index is 14.6. The molecule has 0 unspecified atom stereocenters. The van der Waals surface area contributed by atoms with Crippen molar-refractivity contribution in [1.29, 1.82) is 10.7 Å². The molecular weight excluding hydrogens is 469 g/mol. The number of aliphatic hydroxyl groups excluding tert-OH is 1. The summed E-state index contributed by atoms with van der Waals surface area (Å²) in [7, 11) is 0. The maximum atomic E-state index is 14.6. The van der Waals surface area contributed by atoms with Gasteiger partial charge < -0.3 is 30.8 Å². The summed E-state index contributed by atoms with van der Waals surface area (Å²) in [5, 5.41) is 30.1. The molecule has 1 aromatic heterocycles. The van der Waals surface area contributed by atoms with Gasteiger partial charge in [-0.05, 0) is 18.2 Å². The number of hydrogen-bond donors (Lipinski definition) is 4. The van der Waals surface area contributed by atoms with E-state index >= 15 is 0 Å². The van der Waals surface area contributed by atoms with E-state index in [9.17, 15) is 23.2 Å². The van der Waals surface area contributed by atoms with Crippen molar-refractivity contribution in [3.63, 3.8) is 0 Å². The number of ether oxygens (including phenoxy) is 1. The number of amides is 1. The second kappa shape index (κ2) is 11.7. The van der Waals surface area contributed by atoms with E-state index in [1.54, 1.807) is 11.4 Å². The van der Waals surface area contributed by atoms with E-state index in [4.69, 9.17) is 15.3 Å². The number of likely N-dealkylation sites (tertiary alicyclic amines) is 1. The summed E-state index contributed by atoms with van der Waals surface area (Å²) in [6, 6.07) is 6.45. The van der Waals surface area contributed by atoms with Gasteiger partial charge in [0.15, 0.2) is 12.0 Å². The number of anilines is 1. The topological polar surface area (TPSA) is 160 Å². The molecule has 14 heteroatoms. The number of aromatic nitrogens is 3. The minimum Gasteiger partial charge on any atom is -0.486 e. The third-order valence-electron chi connectivity index (χ3n) is 4.95. The number of halogens is 3. The van der Waals surface area contributed by atoms with E-state index in [1.165, 1.54) is 23.4 Å². The molecule has 1 aromatic carbocycles. The fourth-order valence-corrected chi connectivity index (χ4v) is 3.26. The van der Waals surface area contributed by atoms with E-state index < -0.39 is 31.3 Å². The second-order valence-corrected chi connectivity index (χ2v) is 7.25. The molecule has 0 spiro atoms. The van der Waals surface area contributed by atoms with E-state index in [-0.39, 0.29) is 48.3 Å². The van der Waals surface area contributed by atoms with E-state index in [1.807, 2.05) is 6.07 Å². The zero-order valence-corrected chi connectivity index (χ0v) is 18.2. The Balaban J connectivity index is 1.75. The summed E-state index contributed by atoms with van der Waals surface area (Å²) in [5.41, 5.74) is 0.474. The highest BCUT2D eigenvalue weighted by atomic mass is 19.3. The predicted molar refractivity (Wildman–Crippen MR) is 117 cm³/mol. The summed E-state index contributed by atoms with van der Waals surface area (Å²) in [4.78, 5) is 24.9. The molecule has 0 bridgehead atoms. The van der Waals surface area contributed by atoms with E-state index in [0.29, 0.717) is 5.56 Å². The first-order chi connectivity index (χ1) is 16.8. The Bertz CT molecular complexity index is 1140. The van der Waals surface area contributed by atoms with Crippen LogP contribution in [0, 0.1) is 16.7 Å². The predicted octanol–water partition coefficient (Wildman–Crippen LogP) is 1.44. The lowest BCUT2D eigenvalue weighted by molar-refractivity contribution is -0.138. The van der Waals surface area contributed by atoms with Crippen LogP contribution in [-0.4, -0.2) is 75.6 Å². The summed E-state index contributed by atoms with van der Waals surface area (Å²) < 4.78 is 44.9. The lowest BCUT2D eigenvalue weighted by Crippen LogP contribution is -2.50. The molecule has 0 aliphatic carbocycles. The van der Waals surface area contributed by atoms with Crippen LogP contribution in [0.4, 0.5) is 19.1 Å². The van der Waals surface area contributed by atoms with Crippen molar-refractivity contribution < 1.29 is 27.8 Å². The molecule has 35 heavy (non-hydrogen) atoms. The second-order valence-electron chi connectivity index (χ2n) is 7.25.